The average molecular weight is 397 g/mol. The minimum atomic E-state index is -1.33. The van der Waals surface area contributed by atoms with Gasteiger partial charge in [-0.15, -0.1) is 0 Å². The van der Waals surface area contributed by atoms with Crippen molar-refractivity contribution in [2.75, 3.05) is 6.61 Å². The van der Waals surface area contributed by atoms with Crippen LogP contribution in [0.5, 0.6) is 5.75 Å². The number of carbonyl (C=O) groups excluding carboxylic acids is 1. The monoisotopic (exact) mass is 396 g/mol. The summed E-state index contributed by atoms with van der Waals surface area (Å²) in [6.45, 7) is 10.2. The molecule has 0 saturated heterocycles. The summed E-state index contributed by atoms with van der Waals surface area (Å²) in [5, 5.41) is 11.1. The van der Waals surface area contributed by atoms with Gasteiger partial charge >= 0.3 is 5.97 Å². The summed E-state index contributed by atoms with van der Waals surface area (Å²) in [6, 6.07) is 14.0. The van der Waals surface area contributed by atoms with Crippen molar-refractivity contribution in [2.45, 2.75) is 59.7 Å². The molecule has 2 rings (SSSR count). The van der Waals surface area contributed by atoms with Gasteiger partial charge in [0.15, 0.2) is 0 Å². The van der Waals surface area contributed by atoms with Crippen molar-refractivity contribution in [1.29, 1.82) is 0 Å². The van der Waals surface area contributed by atoms with E-state index in [4.69, 9.17) is 9.47 Å². The summed E-state index contributed by atoms with van der Waals surface area (Å²) < 4.78 is 11.2. The van der Waals surface area contributed by atoms with E-state index in [1.165, 1.54) is 0 Å². The van der Waals surface area contributed by atoms with E-state index >= 15 is 0 Å². The summed E-state index contributed by atoms with van der Waals surface area (Å²) in [6.07, 6.45) is 2.61. The lowest BCUT2D eigenvalue weighted by Gasteiger charge is -2.28. The van der Waals surface area contributed by atoms with Gasteiger partial charge < -0.3 is 14.6 Å². The Kier molecular flexibility index (Phi) is 8.03. The molecular weight excluding hydrogens is 364 g/mol. The number of hydrogen-bond donors (Lipinski definition) is 1. The quantitative estimate of drug-likeness (QED) is 0.578. The number of carbonyl (C=O) groups is 1. The molecule has 0 fully saturated rings. The first-order valence-corrected chi connectivity index (χ1v) is 10.2. The first kappa shape index (κ1) is 22.7. The molecule has 1 N–H and O–H groups in total. The number of esters is 1. The van der Waals surface area contributed by atoms with Gasteiger partial charge in [0.25, 0.3) is 0 Å². The summed E-state index contributed by atoms with van der Waals surface area (Å²) in [5.74, 6) is 0.394. The molecule has 0 aliphatic carbocycles. The normalized spacial score (nSPS) is 13.7. The maximum Gasteiger partial charge on any atom is 0.309 e. The van der Waals surface area contributed by atoms with Crippen LogP contribution in [0, 0.1) is 13.8 Å². The number of allylic oxidation sites excluding steroid dienone is 1. The molecular formula is C25H32O4. The molecule has 0 aromatic heterocycles. The fourth-order valence-electron chi connectivity index (χ4n) is 3.48. The van der Waals surface area contributed by atoms with Crippen molar-refractivity contribution in [2.24, 2.45) is 0 Å². The van der Waals surface area contributed by atoms with Crippen LogP contribution in [0.15, 0.2) is 48.5 Å². The zero-order valence-electron chi connectivity index (χ0n) is 18.1. The van der Waals surface area contributed by atoms with Crippen LogP contribution < -0.4 is 4.74 Å². The maximum absolute atomic E-state index is 12.0. The second-order valence-electron chi connectivity index (χ2n) is 7.44. The first-order chi connectivity index (χ1) is 13.8. The molecule has 2 aromatic carbocycles. The van der Waals surface area contributed by atoms with Crippen molar-refractivity contribution in [1.82, 2.24) is 0 Å². The molecule has 29 heavy (non-hydrogen) atoms. The van der Waals surface area contributed by atoms with E-state index < -0.39 is 11.6 Å². The van der Waals surface area contributed by atoms with Crippen LogP contribution in [0.4, 0.5) is 0 Å². The Morgan fingerprint density at radius 3 is 2.41 bits per heavy atom. The molecule has 0 radical (unpaired) electrons. The highest BCUT2D eigenvalue weighted by atomic mass is 16.5. The number of benzene rings is 2. The second-order valence-corrected chi connectivity index (χ2v) is 7.44. The van der Waals surface area contributed by atoms with Gasteiger partial charge in [-0.3, -0.25) is 4.79 Å². The average Bonchev–Trinajstić information content (AvgIpc) is 2.67. The van der Waals surface area contributed by atoms with Gasteiger partial charge in [0, 0.05) is 0 Å². The van der Waals surface area contributed by atoms with Crippen molar-refractivity contribution >= 4 is 11.5 Å². The lowest BCUT2D eigenvalue weighted by atomic mass is 9.83. The molecule has 4 nitrogen and oxygen atoms in total. The van der Waals surface area contributed by atoms with Gasteiger partial charge in [-0.05, 0) is 61.9 Å². The van der Waals surface area contributed by atoms with E-state index in [0.29, 0.717) is 13.2 Å². The zero-order valence-corrected chi connectivity index (χ0v) is 18.1. The van der Waals surface area contributed by atoms with Crippen LogP contribution in [0.2, 0.25) is 0 Å². The van der Waals surface area contributed by atoms with Gasteiger partial charge in [-0.2, -0.15) is 0 Å². The van der Waals surface area contributed by atoms with Crippen molar-refractivity contribution in [3.05, 3.63) is 70.8 Å². The third kappa shape index (κ3) is 5.94. The standard InChI is InChI=1S/C25H32O4/c1-6-11-22(25(5,27)16-23(26)28-7-2)21-15-14-18(3)24(19(21)4)29-17-20-12-9-8-10-13-20/h8-15,27H,6-7,16-17H2,1-5H3/b22-11+. The first-order valence-electron chi connectivity index (χ1n) is 10.2. The number of aryl methyl sites for hydroxylation is 1. The SMILES string of the molecule is CC/C=C(\c1ccc(C)c(OCc2ccccc2)c1C)C(C)(O)CC(=O)OCC. The number of aliphatic hydroxyl groups is 1. The molecule has 1 unspecified atom stereocenters. The Labute approximate surface area is 174 Å². The Balaban J connectivity index is 2.37. The predicted molar refractivity (Wildman–Crippen MR) is 117 cm³/mol. The van der Waals surface area contributed by atoms with E-state index in [9.17, 15) is 9.90 Å². The van der Waals surface area contributed by atoms with Gasteiger partial charge in [0.2, 0.25) is 0 Å². The fourth-order valence-corrected chi connectivity index (χ4v) is 3.48. The molecule has 156 valence electrons. The van der Waals surface area contributed by atoms with E-state index in [0.717, 1.165) is 40.0 Å². The highest BCUT2D eigenvalue weighted by Crippen LogP contribution is 2.37. The van der Waals surface area contributed by atoms with Crippen LogP contribution in [0.1, 0.15) is 55.9 Å². The van der Waals surface area contributed by atoms with Crippen LogP contribution >= 0.6 is 0 Å². The van der Waals surface area contributed by atoms with Crippen LogP contribution in [-0.2, 0) is 16.1 Å². The van der Waals surface area contributed by atoms with E-state index in [2.05, 4.69) is 0 Å². The maximum atomic E-state index is 12.0. The molecule has 0 bridgehead atoms. The van der Waals surface area contributed by atoms with Gasteiger partial charge in [0.1, 0.15) is 12.4 Å². The molecule has 0 amide bonds. The summed E-state index contributed by atoms with van der Waals surface area (Å²) in [7, 11) is 0. The lowest BCUT2D eigenvalue weighted by Crippen LogP contribution is -2.31. The Hall–Kier alpha value is -2.59. The minimum Gasteiger partial charge on any atom is -0.488 e. The summed E-state index contributed by atoms with van der Waals surface area (Å²) in [4.78, 5) is 12.0. The Morgan fingerprint density at radius 1 is 1.10 bits per heavy atom. The number of ether oxygens (including phenoxy) is 2. The molecule has 0 aliphatic heterocycles. The van der Waals surface area contributed by atoms with Gasteiger partial charge in [-0.1, -0.05) is 55.5 Å². The molecule has 4 heteroatoms. The summed E-state index contributed by atoms with van der Waals surface area (Å²) >= 11 is 0. The van der Waals surface area contributed by atoms with Crippen molar-refractivity contribution in [3.63, 3.8) is 0 Å². The highest BCUT2D eigenvalue weighted by molar-refractivity contribution is 5.81. The van der Waals surface area contributed by atoms with E-state index in [-0.39, 0.29) is 6.42 Å². The smallest absolute Gasteiger partial charge is 0.309 e. The minimum absolute atomic E-state index is 0.0970. The van der Waals surface area contributed by atoms with Gasteiger partial charge in [0.05, 0.1) is 18.6 Å². The van der Waals surface area contributed by atoms with E-state index in [1.807, 2.05) is 69.3 Å². The fraction of sp³-hybridized carbons (Fsp3) is 0.400. The molecule has 0 spiro atoms. The Bertz CT molecular complexity index is 851. The lowest BCUT2D eigenvalue weighted by molar-refractivity contribution is -0.146. The largest absolute Gasteiger partial charge is 0.488 e. The zero-order chi connectivity index (χ0) is 21.4. The number of hydrogen-bond acceptors (Lipinski definition) is 4. The molecule has 2 aromatic rings. The third-order valence-electron chi connectivity index (χ3n) is 4.90. The summed E-state index contributed by atoms with van der Waals surface area (Å²) in [5.41, 5.74) is 3.34. The molecule has 0 saturated carbocycles. The van der Waals surface area contributed by atoms with Crippen LogP contribution in [0.3, 0.4) is 0 Å². The molecule has 0 aliphatic rings. The van der Waals surface area contributed by atoms with Gasteiger partial charge in [-0.25, -0.2) is 0 Å². The second kappa shape index (κ2) is 10.3. The van der Waals surface area contributed by atoms with Crippen LogP contribution in [-0.4, -0.2) is 23.3 Å². The highest BCUT2D eigenvalue weighted by Gasteiger charge is 2.32. The molecule has 0 heterocycles. The van der Waals surface area contributed by atoms with Crippen molar-refractivity contribution < 1.29 is 19.4 Å². The number of rotatable bonds is 9. The topological polar surface area (TPSA) is 55.8 Å². The van der Waals surface area contributed by atoms with Crippen molar-refractivity contribution in [3.8, 4) is 5.75 Å². The van der Waals surface area contributed by atoms with Crippen LogP contribution in [0.25, 0.3) is 5.57 Å². The Morgan fingerprint density at radius 2 is 1.79 bits per heavy atom. The molecule has 1 atom stereocenters. The predicted octanol–water partition coefficient (Wildman–Crippen LogP) is 5.38. The van der Waals surface area contributed by atoms with E-state index in [1.54, 1.807) is 13.8 Å². The third-order valence-corrected chi connectivity index (χ3v) is 4.90.